The highest BCUT2D eigenvalue weighted by molar-refractivity contribution is 6.30. The molecule has 0 radical (unpaired) electrons. The molecule has 1 aromatic heterocycles. The van der Waals surface area contributed by atoms with E-state index >= 15 is 0 Å². The second kappa shape index (κ2) is 4.96. The van der Waals surface area contributed by atoms with Crippen LogP contribution in [0.25, 0.3) is 16.5 Å². The third-order valence-corrected chi connectivity index (χ3v) is 4.35. The fourth-order valence-electron chi connectivity index (χ4n) is 2.83. The van der Waals surface area contributed by atoms with Crippen molar-refractivity contribution in [2.24, 2.45) is 0 Å². The highest BCUT2D eigenvalue weighted by atomic mass is 35.5. The first kappa shape index (κ1) is 13.5. The molecule has 4 heteroatoms. The number of halogens is 2. The van der Waals surface area contributed by atoms with Gasteiger partial charge < -0.3 is 0 Å². The largest absolute Gasteiger partial charge is 0.284 e. The quantitative estimate of drug-likeness (QED) is 0.674. The van der Waals surface area contributed by atoms with E-state index in [9.17, 15) is 9.18 Å². The Bertz CT molecular complexity index is 943. The second-order valence-electron chi connectivity index (χ2n) is 5.71. The van der Waals surface area contributed by atoms with Crippen molar-refractivity contribution in [1.82, 2.24) is 4.57 Å². The maximum absolute atomic E-state index is 14.4. The van der Waals surface area contributed by atoms with Crippen LogP contribution >= 0.6 is 11.6 Å². The third kappa shape index (κ3) is 2.22. The molecule has 0 atom stereocenters. The molecule has 1 fully saturated rings. The summed E-state index contributed by atoms with van der Waals surface area (Å²) in [5.74, 6) is 0.00930. The summed E-state index contributed by atoms with van der Waals surface area (Å²) in [4.78, 5) is 12.6. The van der Waals surface area contributed by atoms with Crippen LogP contribution in [-0.4, -0.2) is 4.57 Å². The molecule has 0 bridgehead atoms. The number of pyridine rings is 1. The zero-order valence-electron chi connectivity index (χ0n) is 11.7. The van der Waals surface area contributed by atoms with E-state index in [1.165, 1.54) is 10.6 Å². The number of fused-ring (bicyclic) bond motifs is 1. The van der Waals surface area contributed by atoms with Gasteiger partial charge in [-0.15, -0.1) is 0 Å². The molecule has 0 saturated heterocycles. The summed E-state index contributed by atoms with van der Waals surface area (Å²) >= 11 is 5.97. The van der Waals surface area contributed by atoms with Crippen molar-refractivity contribution in [2.45, 2.75) is 18.8 Å². The number of benzene rings is 2. The van der Waals surface area contributed by atoms with Crippen molar-refractivity contribution in [3.63, 3.8) is 0 Å². The molecule has 1 saturated carbocycles. The van der Waals surface area contributed by atoms with Gasteiger partial charge in [0, 0.05) is 11.2 Å². The molecule has 0 N–H and O–H groups in total. The number of hydrogen-bond donors (Lipinski definition) is 0. The van der Waals surface area contributed by atoms with Crippen LogP contribution in [0.5, 0.6) is 0 Å². The topological polar surface area (TPSA) is 22.0 Å². The van der Waals surface area contributed by atoms with Gasteiger partial charge in [-0.25, -0.2) is 4.39 Å². The fraction of sp³-hybridized carbons (Fsp3) is 0.167. The van der Waals surface area contributed by atoms with Gasteiger partial charge in [0.2, 0.25) is 0 Å². The average molecular weight is 314 g/mol. The predicted octanol–water partition coefficient (Wildman–Crippen LogP) is 4.66. The normalized spacial score (nSPS) is 14.5. The fourth-order valence-corrected chi connectivity index (χ4v) is 3.02. The van der Waals surface area contributed by atoms with Gasteiger partial charge in [0.25, 0.3) is 5.56 Å². The minimum Gasteiger partial charge on any atom is -0.284 e. The smallest absolute Gasteiger partial charge is 0.265 e. The van der Waals surface area contributed by atoms with E-state index in [0.717, 1.165) is 18.4 Å². The SMILES string of the molecule is O=c1c2c(F)cc(C3CC3)cc2ccn1-c1cccc(Cl)c1. The Kier molecular flexibility index (Phi) is 3.05. The summed E-state index contributed by atoms with van der Waals surface area (Å²) in [5, 5.41) is 1.33. The third-order valence-electron chi connectivity index (χ3n) is 4.11. The first-order chi connectivity index (χ1) is 10.6. The van der Waals surface area contributed by atoms with Crippen molar-refractivity contribution in [3.05, 3.63) is 75.4 Å². The maximum atomic E-state index is 14.4. The van der Waals surface area contributed by atoms with Crippen molar-refractivity contribution in [2.75, 3.05) is 0 Å². The Balaban J connectivity index is 1.96. The molecule has 110 valence electrons. The van der Waals surface area contributed by atoms with Gasteiger partial charge >= 0.3 is 0 Å². The molecule has 1 aliphatic carbocycles. The van der Waals surface area contributed by atoms with Crippen molar-refractivity contribution in [3.8, 4) is 5.69 Å². The minimum atomic E-state index is -0.444. The van der Waals surface area contributed by atoms with Crippen LogP contribution in [0, 0.1) is 5.82 Å². The van der Waals surface area contributed by atoms with Crippen molar-refractivity contribution < 1.29 is 4.39 Å². The lowest BCUT2D eigenvalue weighted by Gasteiger charge is -2.09. The Hall–Kier alpha value is -2.13. The number of aromatic nitrogens is 1. The van der Waals surface area contributed by atoms with Crippen LogP contribution in [0.4, 0.5) is 4.39 Å². The van der Waals surface area contributed by atoms with Crippen LogP contribution in [0.2, 0.25) is 5.02 Å². The molecular formula is C18H13ClFNO. The molecule has 0 unspecified atom stereocenters. The van der Waals surface area contributed by atoms with Gasteiger partial charge in [-0.05, 0) is 60.0 Å². The molecular weight excluding hydrogens is 301 g/mol. The van der Waals surface area contributed by atoms with Crippen LogP contribution in [0.3, 0.4) is 0 Å². The predicted molar refractivity (Wildman–Crippen MR) is 86.5 cm³/mol. The summed E-state index contributed by atoms with van der Waals surface area (Å²) in [6, 6.07) is 12.2. The molecule has 22 heavy (non-hydrogen) atoms. The lowest BCUT2D eigenvalue weighted by Crippen LogP contribution is -2.18. The molecule has 0 spiro atoms. The van der Waals surface area contributed by atoms with Crippen LogP contribution < -0.4 is 5.56 Å². The first-order valence-corrected chi connectivity index (χ1v) is 7.62. The Morgan fingerprint density at radius 3 is 2.68 bits per heavy atom. The summed E-state index contributed by atoms with van der Waals surface area (Å²) < 4.78 is 15.9. The lowest BCUT2D eigenvalue weighted by atomic mass is 10.0. The molecule has 2 nitrogen and oxygen atoms in total. The summed E-state index contributed by atoms with van der Waals surface area (Å²) in [7, 11) is 0. The molecule has 0 aliphatic heterocycles. The highest BCUT2D eigenvalue weighted by Gasteiger charge is 2.25. The van der Waals surface area contributed by atoms with Crippen LogP contribution in [0.15, 0.2) is 53.5 Å². The molecule has 3 aromatic rings. The molecule has 0 amide bonds. The van der Waals surface area contributed by atoms with Gasteiger partial charge in [0.1, 0.15) is 5.82 Å². The molecule has 1 aliphatic rings. The van der Waals surface area contributed by atoms with Gasteiger partial charge in [-0.2, -0.15) is 0 Å². The summed E-state index contributed by atoms with van der Waals surface area (Å²) in [6.07, 6.45) is 3.88. The summed E-state index contributed by atoms with van der Waals surface area (Å²) in [5.41, 5.74) is 1.26. The highest BCUT2D eigenvalue weighted by Crippen LogP contribution is 2.41. The van der Waals surface area contributed by atoms with Crippen LogP contribution in [-0.2, 0) is 0 Å². The zero-order chi connectivity index (χ0) is 15.3. The van der Waals surface area contributed by atoms with E-state index in [1.807, 2.05) is 6.07 Å². The van der Waals surface area contributed by atoms with Crippen molar-refractivity contribution >= 4 is 22.4 Å². The number of nitrogens with zero attached hydrogens (tertiary/aromatic N) is 1. The van der Waals surface area contributed by atoms with E-state index in [4.69, 9.17) is 11.6 Å². The monoisotopic (exact) mass is 313 g/mol. The van der Waals surface area contributed by atoms with Gasteiger partial charge in [-0.1, -0.05) is 23.7 Å². The molecule has 2 aromatic carbocycles. The molecule has 4 rings (SSSR count). The zero-order valence-corrected chi connectivity index (χ0v) is 12.5. The average Bonchev–Trinajstić information content (AvgIpc) is 3.31. The lowest BCUT2D eigenvalue weighted by molar-refractivity contribution is 0.635. The van der Waals surface area contributed by atoms with Gasteiger partial charge in [0.15, 0.2) is 0 Å². The molecule has 1 heterocycles. The maximum Gasteiger partial charge on any atom is 0.265 e. The minimum absolute atomic E-state index is 0.131. The first-order valence-electron chi connectivity index (χ1n) is 7.24. The number of hydrogen-bond acceptors (Lipinski definition) is 1. The van der Waals surface area contributed by atoms with E-state index < -0.39 is 5.82 Å². The van der Waals surface area contributed by atoms with Crippen LogP contribution in [0.1, 0.15) is 24.3 Å². The van der Waals surface area contributed by atoms with Crippen molar-refractivity contribution in [1.29, 1.82) is 0 Å². The summed E-state index contributed by atoms with van der Waals surface area (Å²) in [6.45, 7) is 0. The standard InChI is InChI=1S/C18H13ClFNO/c19-14-2-1-3-15(10-14)21-7-6-12-8-13(11-4-5-11)9-16(20)17(12)18(21)22/h1-3,6-11H,4-5H2. The van der Waals surface area contributed by atoms with E-state index in [1.54, 1.807) is 36.5 Å². The Labute approximate surface area is 131 Å². The Morgan fingerprint density at radius 1 is 1.14 bits per heavy atom. The Morgan fingerprint density at radius 2 is 1.95 bits per heavy atom. The van der Waals surface area contributed by atoms with E-state index in [-0.39, 0.29) is 10.9 Å². The van der Waals surface area contributed by atoms with Gasteiger partial charge in [0.05, 0.1) is 11.1 Å². The second-order valence-corrected chi connectivity index (χ2v) is 6.15. The van der Waals surface area contributed by atoms with E-state index in [2.05, 4.69) is 0 Å². The van der Waals surface area contributed by atoms with Gasteiger partial charge in [-0.3, -0.25) is 9.36 Å². The number of rotatable bonds is 2. The van der Waals surface area contributed by atoms with E-state index in [0.29, 0.717) is 22.0 Å².